The highest BCUT2D eigenvalue weighted by atomic mass is 79.9. The van der Waals surface area contributed by atoms with E-state index in [1.807, 2.05) is 13.0 Å². The van der Waals surface area contributed by atoms with Crippen LogP contribution in [0.2, 0.25) is 0 Å². The van der Waals surface area contributed by atoms with Crippen LogP contribution in [0.3, 0.4) is 0 Å². The van der Waals surface area contributed by atoms with E-state index in [9.17, 15) is 14.9 Å². The van der Waals surface area contributed by atoms with Gasteiger partial charge < -0.3 is 9.47 Å². The van der Waals surface area contributed by atoms with Crippen molar-refractivity contribution in [2.45, 2.75) is 13.8 Å². The minimum absolute atomic E-state index is 0.142. The van der Waals surface area contributed by atoms with Crippen LogP contribution in [-0.4, -0.2) is 32.4 Å². The number of benzene rings is 2. The van der Waals surface area contributed by atoms with Crippen molar-refractivity contribution in [1.82, 2.24) is 14.6 Å². The summed E-state index contributed by atoms with van der Waals surface area (Å²) >= 11 is 6.87. The van der Waals surface area contributed by atoms with Gasteiger partial charge in [0, 0.05) is 26.6 Å². The zero-order valence-corrected chi connectivity index (χ0v) is 21.6. The lowest BCUT2D eigenvalue weighted by molar-refractivity contribution is -0.385. The van der Waals surface area contributed by atoms with Crippen molar-refractivity contribution in [2.24, 2.45) is 5.10 Å². The van der Waals surface area contributed by atoms with Gasteiger partial charge >= 0.3 is 0 Å². The van der Waals surface area contributed by atoms with Crippen LogP contribution in [0.5, 0.6) is 17.4 Å². The Balaban J connectivity index is 1.69. The summed E-state index contributed by atoms with van der Waals surface area (Å²) in [4.78, 5) is 31.7. The second-order valence-electron chi connectivity index (χ2n) is 7.15. The number of fused-ring (bicyclic) bond motifs is 1. The average molecular weight is 603 g/mol. The van der Waals surface area contributed by atoms with Crippen molar-refractivity contribution < 1.29 is 14.4 Å². The highest BCUT2D eigenvalue weighted by Gasteiger charge is 2.14. The quantitative estimate of drug-likeness (QED) is 0.153. The number of hydrogen-bond donors (Lipinski definition) is 0. The maximum absolute atomic E-state index is 13.0. The molecule has 35 heavy (non-hydrogen) atoms. The fraction of sp³-hybridized carbons (Fsp3) is 0.130. The molecule has 0 spiro atoms. The van der Waals surface area contributed by atoms with Gasteiger partial charge in [0.25, 0.3) is 11.2 Å². The summed E-state index contributed by atoms with van der Waals surface area (Å²) in [5, 5.41) is 15.6. The Morgan fingerprint density at radius 3 is 2.66 bits per heavy atom. The van der Waals surface area contributed by atoms with Crippen LogP contribution < -0.4 is 15.0 Å². The lowest BCUT2D eigenvalue weighted by atomic mass is 10.2. The first-order valence-corrected chi connectivity index (χ1v) is 11.8. The maximum atomic E-state index is 13.0. The van der Waals surface area contributed by atoms with Gasteiger partial charge in [0.15, 0.2) is 11.5 Å². The molecule has 2 heterocycles. The van der Waals surface area contributed by atoms with Crippen molar-refractivity contribution >= 4 is 54.7 Å². The minimum Gasteiger partial charge on any atom is -0.490 e. The second kappa shape index (κ2) is 10.3. The Bertz CT molecular complexity index is 1520. The summed E-state index contributed by atoms with van der Waals surface area (Å²) in [6.45, 7) is 3.89. The normalized spacial score (nSPS) is 11.2. The Kier molecular flexibility index (Phi) is 7.22. The van der Waals surface area contributed by atoms with Crippen LogP contribution in [0.4, 0.5) is 5.69 Å². The summed E-state index contributed by atoms with van der Waals surface area (Å²) in [6, 6.07) is 11.4. The molecule has 2 aromatic heterocycles. The van der Waals surface area contributed by atoms with Gasteiger partial charge in [-0.15, -0.1) is 0 Å². The van der Waals surface area contributed by atoms with E-state index in [-0.39, 0.29) is 17.1 Å². The Labute approximate surface area is 215 Å². The highest BCUT2D eigenvalue weighted by molar-refractivity contribution is 9.10. The molecule has 2 aromatic carbocycles. The third-order valence-corrected chi connectivity index (χ3v) is 5.97. The maximum Gasteiger partial charge on any atom is 0.287 e. The van der Waals surface area contributed by atoms with Gasteiger partial charge in [-0.1, -0.05) is 15.9 Å². The zero-order chi connectivity index (χ0) is 25.1. The molecule has 0 radical (unpaired) electrons. The zero-order valence-electron chi connectivity index (χ0n) is 18.4. The Morgan fingerprint density at radius 2 is 1.97 bits per heavy atom. The van der Waals surface area contributed by atoms with E-state index in [0.717, 1.165) is 10.7 Å². The Morgan fingerprint density at radius 1 is 1.17 bits per heavy atom. The van der Waals surface area contributed by atoms with Crippen LogP contribution in [0, 0.1) is 17.0 Å². The van der Waals surface area contributed by atoms with E-state index in [1.165, 1.54) is 23.0 Å². The number of hydrogen-bond acceptors (Lipinski definition) is 8. The number of halogens is 2. The first kappa shape index (κ1) is 24.5. The molecule has 0 unspecified atom stereocenters. The van der Waals surface area contributed by atoms with E-state index >= 15 is 0 Å². The van der Waals surface area contributed by atoms with Gasteiger partial charge in [0.1, 0.15) is 12.0 Å². The molecule has 0 amide bonds. The van der Waals surface area contributed by atoms with Gasteiger partial charge in [-0.2, -0.15) is 9.78 Å². The molecule has 4 aromatic rings. The molecule has 178 valence electrons. The number of rotatable bonds is 7. The smallest absolute Gasteiger partial charge is 0.287 e. The van der Waals surface area contributed by atoms with Gasteiger partial charge in [0.2, 0.25) is 5.88 Å². The van der Waals surface area contributed by atoms with Crippen LogP contribution >= 0.6 is 31.9 Å². The summed E-state index contributed by atoms with van der Waals surface area (Å²) in [7, 11) is 0. The number of ether oxygens (including phenoxy) is 2. The predicted octanol–water partition coefficient (Wildman–Crippen LogP) is 5.61. The molecule has 0 fully saturated rings. The lowest BCUT2D eigenvalue weighted by Gasteiger charge is -2.13. The molecule has 0 N–H and O–H groups in total. The molecule has 0 atom stereocenters. The first-order valence-electron chi connectivity index (χ1n) is 10.2. The number of aryl methyl sites for hydroxylation is 1. The van der Waals surface area contributed by atoms with E-state index in [1.54, 1.807) is 31.2 Å². The van der Waals surface area contributed by atoms with Crippen molar-refractivity contribution in [3.63, 3.8) is 0 Å². The summed E-state index contributed by atoms with van der Waals surface area (Å²) in [6.07, 6.45) is 2.63. The van der Waals surface area contributed by atoms with Gasteiger partial charge in [0.05, 0.1) is 28.6 Å². The molecule has 4 rings (SSSR count). The largest absolute Gasteiger partial charge is 0.490 e. The fourth-order valence-electron chi connectivity index (χ4n) is 3.17. The van der Waals surface area contributed by atoms with E-state index in [0.29, 0.717) is 44.9 Å². The predicted molar refractivity (Wildman–Crippen MR) is 138 cm³/mol. The average Bonchev–Trinajstić information content (AvgIpc) is 2.82. The molecular weight excluding hydrogens is 586 g/mol. The third-order valence-electron chi connectivity index (χ3n) is 4.79. The van der Waals surface area contributed by atoms with E-state index in [2.05, 4.69) is 46.9 Å². The van der Waals surface area contributed by atoms with Crippen molar-refractivity contribution in [1.29, 1.82) is 0 Å². The molecule has 0 saturated carbocycles. The molecule has 0 aliphatic heterocycles. The summed E-state index contributed by atoms with van der Waals surface area (Å²) < 4.78 is 14.1. The van der Waals surface area contributed by atoms with E-state index < -0.39 is 4.92 Å². The Hall–Kier alpha value is -3.64. The van der Waals surface area contributed by atoms with Crippen LogP contribution in [0.1, 0.15) is 18.3 Å². The standard InChI is InChI=1S/C23H17Br2N5O5/c1-3-34-20-8-14(18(25)10-21(20)35-22-7-5-16(12-26-22)30(32)33)11-27-29-13(2)28-19-6-4-15(24)9-17(19)23(29)31/h4-12H,3H2,1-2H3. The molecule has 0 bridgehead atoms. The van der Waals surface area contributed by atoms with Gasteiger partial charge in [-0.3, -0.25) is 14.9 Å². The van der Waals surface area contributed by atoms with Gasteiger partial charge in [-0.25, -0.2) is 9.97 Å². The molecule has 0 saturated heterocycles. The first-order chi connectivity index (χ1) is 16.8. The lowest BCUT2D eigenvalue weighted by Crippen LogP contribution is -2.20. The van der Waals surface area contributed by atoms with Crippen LogP contribution in [0.25, 0.3) is 10.9 Å². The van der Waals surface area contributed by atoms with Crippen LogP contribution in [0.15, 0.2) is 67.5 Å². The minimum atomic E-state index is -0.538. The number of nitro groups is 1. The van der Waals surface area contributed by atoms with E-state index in [4.69, 9.17) is 9.47 Å². The number of nitrogens with zero attached hydrogens (tertiary/aromatic N) is 5. The molecule has 12 heteroatoms. The number of aromatic nitrogens is 3. The van der Waals surface area contributed by atoms with Gasteiger partial charge in [-0.05, 0) is 60.1 Å². The van der Waals surface area contributed by atoms with Crippen molar-refractivity contribution in [2.75, 3.05) is 6.61 Å². The fourth-order valence-corrected chi connectivity index (χ4v) is 3.95. The SMILES string of the molecule is CCOc1cc(C=Nn2c(C)nc3ccc(Br)cc3c2=O)c(Br)cc1Oc1ccc([N+](=O)[O-])cn1. The molecule has 10 nitrogen and oxygen atoms in total. The summed E-state index contributed by atoms with van der Waals surface area (Å²) in [5.41, 5.74) is 0.771. The second-order valence-corrected chi connectivity index (χ2v) is 8.92. The molecule has 0 aliphatic rings. The van der Waals surface area contributed by atoms with Crippen molar-refractivity contribution in [3.8, 4) is 17.4 Å². The highest BCUT2D eigenvalue weighted by Crippen LogP contribution is 2.36. The van der Waals surface area contributed by atoms with Crippen molar-refractivity contribution in [3.05, 3.63) is 89.5 Å². The number of pyridine rings is 1. The third kappa shape index (κ3) is 5.38. The molecular formula is C23H17Br2N5O5. The summed E-state index contributed by atoms with van der Waals surface area (Å²) in [5.74, 6) is 1.36. The molecule has 0 aliphatic carbocycles. The van der Waals surface area contributed by atoms with Crippen LogP contribution in [-0.2, 0) is 0 Å². The monoisotopic (exact) mass is 601 g/mol. The topological polar surface area (TPSA) is 122 Å².